The Hall–Kier alpha value is -1.62. The van der Waals surface area contributed by atoms with Gasteiger partial charge in [-0.1, -0.05) is 0 Å². The zero-order valence-electron chi connectivity index (χ0n) is 11.1. The lowest BCUT2D eigenvalue weighted by atomic mass is 10.1. The first-order valence-electron chi connectivity index (χ1n) is 5.71. The highest BCUT2D eigenvalue weighted by molar-refractivity contribution is 5.81. The van der Waals surface area contributed by atoms with Gasteiger partial charge in [-0.3, -0.25) is 4.79 Å². The van der Waals surface area contributed by atoms with Crippen LogP contribution in [0.5, 0.6) is 0 Å². The van der Waals surface area contributed by atoms with Crippen molar-refractivity contribution < 1.29 is 14.3 Å². The van der Waals surface area contributed by atoms with E-state index in [-0.39, 0.29) is 12.5 Å². The fourth-order valence-corrected chi connectivity index (χ4v) is 1.64. The van der Waals surface area contributed by atoms with Gasteiger partial charge in [-0.25, -0.2) is 4.39 Å². The standard InChI is InChI=1S/C13H19FN2O2/c1-9(17)11-7-10(14)5-6-12(11)16(4)8-13(18)15(2)3/h5-7,9,17H,8H2,1-4H3. The monoisotopic (exact) mass is 254 g/mol. The maximum Gasteiger partial charge on any atom is 0.241 e. The Morgan fingerprint density at radius 1 is 1.39 bits per heavy atom. The van der Waals surface area contributed by atoms with Crippen molar-refractivity contribution >= 4 is 11.6 Å². The van der Waals surface area contributed by atoms with Crippen molar-refractivity contribution in [1.29, 1.82) is 0 Å². The predicted molar refractivity (Wildman–Crippen MR) is 69.0 cm³/mol. The number of amides is 1. The van der Waals surface area contributed by atoms with Gasteiger partial charge in [0.25, 0.3) is 0 Å². The van der Waals surface area contributed by atoms with Gasteiger partial charge in [0.2, 0.25) is 5.91 Å². The third-order valence-electron chi connectivity index (χ3n) is 2.72. The number of halogens is 1. The van der Waals surface area contributed by atoms with Crippen LogP contribution in [0.15, 0.2) is 18.2 Å². The van der Waals surface area contributed by atoms with E-state index >= 15 is 0 Å². The Morgan fingerprint density at radius 2 is 2.00 bits per heavy atom. The fourth-order valence-electron chi connectivity index (χ4n) is 1.64. The molecule has 0 spiro atoms. The minimum absolute atomic E-state index is 0.0571. The topological polar surface area (TPSA) is 43.8 Å². The largest absolute Gasteiger partial charge is 0.389 e. The normalized spacial score (nSPS) is 12.1. The van der Waals surface area contributed by atoms with Gasteiger partial charge < -0.3 is 14.9 Å². The zero-order valence-corrected chi connectivity index (χ0v) is 11.1. The number of benzene rings is 1. The number of likely N-dealkylation sites (N-methyl/N-ethyl adjacent to an activating group) is 2. The number of aliphatic hydroxyl groups excluding tert-OH is 1. The Kier molecular flexibility index (Phi) is 4.67. The van der Waals surface area contributed by atoms with E-state index in [0.29, 0.717) is 11.3 Å². The van der Waals surface area contributed by atoms with E-state index in [1.165, 1.54) is 17.0 Å². The molecule has 100 valence electrons. The maximum absolute atomic E-state index is 13.2. The molecule has 0 bridgehead atoms. The van der Waals surface area contributed by atoms with Gasteiger partial charge in [0.05, 0.1) is 12.6 Å². The number of carbonyl (C=O) groups is 1. The number of nitrogens with zero attached hydrogens (tertiary/aromatic N) is 2. The number of aliphatic hydroxyl groups is 1. The van der Waals surface area contributed by atoms with E-state index in [1.807, 2.05) is 0 Å². The second kappa shape index (κ2) is 5.82. The second-order valence-electron chi connectivity index (χ2n) is 4.52. The number of rotatable bonds is 4. The highest BCUT2D eigenvalue weighted by atomic mass is 19.1. The SMILES string of the molecule is CC(O)c1cc(F)ccc1N(C)CC(=O)N(C)C. The predicted octanol–water partition coefficient (Wildman–Crippen LogP) is 1.40. The molecular formula is C13H19FN2O2. The van der Waals surface area contributed by atoms with Gasteiger partial charge >= 0.3 is 0 Å². The molecule has 0 aliphatic rings. The molecule has 0 radical (unpaired) electrons. The summed E-state index contributed by atoms with van der Waals surface area (Å²) in [5.74, 6) is -0.458. The van der Waals surface area contributed by atoms with Crippen LogP contribution in [0, 0.1) is 5.82 Å². The number of hydrogen-bond acceptors (Lipinski definition) is 3. The molecule has 0 aliphatic carbocycles. The van der Waals surface area contributed by atoms with Gasteiger partial charge in [-0.2, -0.15) is 0 Å². The first kappa shape index (κ1) is 14.4. The molecule has 1 aromatic rings. The van der Waals surface area contributed by atoms with Gasteiger partial charge in [0.15, 0.2) is 0 Å². The lowest BCUT2D eigenvalue weighted by Crippen LogP contribution is -2.34. The molecule has 0 saturated carbocycles. The van der Waals surface area contributed by atoms with Crippen LogP contribution in [0.25, 0.3) is 0 Å². The van der Waals surface area contributed by atoms with Crippen molar-refractivity contribution in [2.75, 3.05) is 32.6 Å². The Labute approximate surface area is 107 Å². The lowest BCUT2D eigenvalue weighted by molar-refractivity contribution is -0.127. The molecule has 1 unspecified atom stereocenters. The molecule has 1 N–H and O–H groups in total. The molecule has 1 atom stereocenters. The summed E-state index contributed by atoms with van der Waals surface area (Å²) in [4.78, 5) is 14.8. The average Bonchev–Trinajstić information content (AvgIpc) is 2.28. The lowest BCUT2D eigenvalue weighted by Gasteiger charge is -2.24. The molecule has 0 aliphatic heterocycles. The van der Waals surface area contributed by atoms with Crippen LogP contribution in [-0.4, -0.2) is 43.6 Å². The van der Waals surface area contributed by atoms with Crippen molar-refractivity contribution in [1.82, 2.24) is 4.90 Å². The molecule has 1 amide bonds. The zero-order chi connectivity index (χ0) is 13.9. The highest BCUT2D eigenvalue weighted by Gasteiger charge is 2.15. The first-order chi connectivity index (χ1) is 8.32. The fraction of sp³-hybridized carbons (Fsp3) is 0.462. The molecule has 18 heavy (non-hydrogen) atoms. The van der Waals surface area contributed by atoms with Crippen molar-refractivity contribution in [3.63, 3.8) is 0 Å². The Bertz CT molecular complexity index is 433. The third-order valence-corrected chi connectivity index (χ3v) is 2.72. The van der Waals surface area contributed by atoms with E-state index in [9.17, 15) is 14.3 Å². The van der Waals surface area contributed by atoms with Crippen LogP contribution >= 0.6 is 0 Å². The number of hydrogen-bond donors (Lipinski definition) is 1. The van der Waals surface area contributed by atoms with Crippen LogP contribution in [0.3, 0.4) is 0 Å². The maximum atomic E-state index is 13.2. The molecule has 0 fully saturated rings. The van der Waals surface area contributed by atoms with Crippen molar-refractivity contribution in [3.05, 3.63) is 29.6 Å². The van der Waals surface area contributed by atoms with Crippen LogP contribution < -0.4 is 4.90 Å². The summed E-state index contributed by atoms with van der Waals surface area (Å²) in [6.45, 7) is 1.75. The summed E-state index contributed by atoms with van der Waals surface area (Å²) < 4.78 is 13.2. The molecule has 0 aromatic heterocycles. The number of anilines is 1. The Morgan fingerprint density at radius 3 is 2.50 bits per heavy atom. The van der Waals surface area contributed by atoms with Crippen LogP contribution in [0.4, 0.5) is 10.1 Å². The molecule has 5 heteroatoms. The minimum Gasteiger partial charge on any atom is -0.389 e. The van der Waals surface area contributed by atoms with Crippen LogP contribution in [0.1, 0.15) is 18.6 Å². The van der Waals surface area contributed by atoms with Gasteiger partial charge in [0.1, 0.15) is 5.82 Å². The summed E-state index contributed by atoms with van der Waals surface area (Å²) in [7, 11) is 5.09. The molecule has 1 rings (SSSR count). The molecule has 0 heterocycles. The Balaban J connectivity index is 2.98. The van der Waals surface area contributed by atoms with Crippen molar-refractivity contribution in [2.24, 2.45) is 0 Å². The van der Waals surface area contributed by atoms with E-state index in [1.54, 1.807) is 39.0 Å². The smallest absolute Gasteiger partial charge is 0.241 e. The summed E-state index contributed by atoms with van der Waals surface area (Å²) in [6.07, 6.45) is -0.785. The second-order valence-corrected chi connectivity index (χ2v) is 4.52. The molecule has 1 aromatic carbocycles. The first-order valence-corrected chi connectivity index (χ1v) is 5.71. The molecule has 0 saturated heterocycles. The van der Waals surface area contributed by atoms with E-state index in [0.717, 1.165) is 0 Å². The average molecular weight is 254 g/mol. The van der Waals surface area contributed by atoms with Crippen molar-refractivity contribution in [2.45, 2.75) is 13.0 Å². The quantitative estimate of drug-likeness (QED) is 0.883. The van der Waals surface area contributed by atoms with Crippen LogP contribution in [0.2, 0.25) is 0 Å². The molecule has 4 nitrogen and oxygen atoms in total. The highest BCUT2D eigenvalue weighted by Crippen LogP contribution is 2.26. The van der Waals surface area contributed by atoms with Crippen LogP contribution in [-0.2, 0) is 4.79 Å². The summed E-state index contributed by atoms with van der Waals surface area (Å²) in [5, 5.41) is 9.63. The van der Waals surface area contributed by atoms with Gasteiger partial charge in [0, 0.05) is 32.4 Å². The van der Waals surface area contributed by atoms with E-state index < -0.39 is 11.9 Å². The van der Waals surface area contributed by atoms with Gasteiger partial charge in [-0.15, -0.1) is 0 Å². The third kappa shape index (κ3) is 3.43. The summed E-state index contributed by atoms with van der Waals surface area (Å²) in [5.41, 5.74) is 1.13. The van der Waals surface area contributed by atoms with Gasteiger partial charge in [-0.05, 0) is 25.1 Å². The number of carbonyl (C=O) groups excluding carboxylic acids is 1. The van der Waals surface area contributed by atoms with Crippen molar-refractivity contribution in [3.8, 4) is 0 Å². The minimum atomic E-state index is -0.785. The molecular weight excluding hydrogens is 235 g/mol. The van der Waals surface area contributed by atoms with E-state index in [4.69, 9.17) is 0 Å². The van der Waals surface area contributed by atoms with E-state index in [2.05, 4.69) is 0 Å². The summed E-state index contributed by atoms with van der Waals surface area (Å²) in [6, 6.07) is 4.18. The summed E-state index contributed by atoms with van der Waals surface area (Å²) >= 11 is 0.